The average molecular weight is 720 g/mol. The molecule has 48 heavy (non-hydrogen) atoms. The Bertz CT molecular complexity index is 2170. The Balaban J connectivity index is 1.34. The second kappa shape index (κ2) is 11.8. The molecule has 0 aromatic heterocycles. The third-order valence-corrected chi connectivity index (χ3v) is 9.31. The van der Waals surface area contributed by atoms with E-state index in [2.05, 4.69) is 8.57 Å². The molecule has 2 aliphatic rings. The van der Waals surface area contributed by atoms with Crippen molar-refractivity contribution in [3.63, 3.8) is 0 Å². The molecule has 3 aromatic rings. The van der Waals surface area contributed by atoms with Gasteiger partial charge in [-0.25, -0.2) is 8.78 Å². The molecule has 0 spiro atoms. The molecule has 0 radical (unpaired) electrons. The molecule has 5 rings (SSSR count). The predicted molar refractivity (Wildman–Crippen MR) is 142 cm³/mol. The van der Waals surface area contributed by atoms with Crippen LogP contribution in [0.25, 0.3) is 0 Å². The lowest BCUT2D eigenvalue weighted by Crippen LogP contribution is -2.34. The smallest absolute Gasteiger partial charge is 0.272 e. The van der Waals surface area contributed by atoms with Gasteiger partial charge >= 0.3 is 26.4 Å². The van der Waals surface area contributed by atoms with Crippen molar-refractivity contribution in [1.82, 2.24) is 10.1 Å². The molecule has 1 saturated heterocycles. The highest BCUT2D eigenvalue weighted by molar-refractivity contribution is 7.87. The topological polar surface area (TPSA) is 205 Å². The number of fused-ring (bicyclic) bond motifs is 1. The molecule has 0 aliphatic carbocycles. The maximum absolute atomic E-state index is 14.0. The van der Waals surface area contributed by atoms with Crippen LogP contribution in [0.3, 0.4) is 0 Å². The lowest BCUT2D eigenvalue weighted by atomic mass is 9.95. The second-order valence-electron chi connectivity index (χ2n) is 9.98. The van der Waals surface area contributed by atoms with E-state index in [4.69, 9.17) is 0 Å². The third-order valence-electron chi connectivity index (χ3n) is 6.85. The van der Waals surface area contributed by atoms with Crippen LogP contribution in [0, 0.1) is 27.7 Å². The molecule has 1 fully saturated rings. The average Bonchev–Trinajstić information content (AvgIpc) is 3.37. The first kappa shape index (κ1) is 34.2. The van der Waals surface area contributed by atoms with E-state index in [1.807, 2.05) is 0 Å². The molecule has 0 N–H and O–H groups in total. The Hall–Kier alpha value is -5.19. The Morgan fingerprint density at radius 1 is 0.812 bits per heavy atom. The molecule has 252 valence electrons. The number of alkyl halides is 3. The Morgan fingerprint density at radius 2 is 1.42 bits per heavy atom. The number of non-ortho nitro benzene ring substituents is 1. The molecular formula is C26H14F5N3O12S2. The zero-order valence-corrected chi connectivity index (χ0v) is 24.8. The quantitative estimate of drug-likeness (QED) is 0.136. The first-order chi connectivity index (χ1) is 22.2. The largest absolute Gasteiger partial charge is 0.418 e. The SMILES string of the molecule is O=C1CC(Cc2ccc3c(c2)C(=O)N(OS(=O)(=O)c2ccc([N+](=O)[O-])cc2C(F)(F)F)C3=O)C(=O)N1OS(=O)(=O)c1ccc(F)cc1F. The number of benzene rings is 3. The van der Waals surface area contributed by atoms with Gasteiger partial charge in [-0.05, 0) is 42.3 Å². The fraction of sp³-hybridized carbons (Fsp3) is 0.154. The molecule has 0 saturated carbocycles. The molecule has 2 aliphatic heterocycles. The van der Waals surface area contributed by atoms with E-state index in [0.717, 1.165) is 18.2 Å². The number of carbonyl (C=O) groups excluding carboxylic acids is 4. The first-order valence-electron chi connectivity index (χ1n) is 12.8. The highest BCUT2D eigenvalue weighted by Gasteiger charge is 2.46. The molecular weight excluding hydrogens is 705 g/mol. The van der Waals surface area contributed by atoms with Crippen molar-refractivity contribution < 1.29 is 71.5 Å². The molecule has 1 unspecified atom stereocenters. The Kier molecular flexibility index (Phi) is 8.40. The molecule has 4 amide bonds. The van der Waals surface area contributed by atoms with E-state index in [0.29, 0.717) is 18.2 Å². The zero-order chi connectivity index (χ0) is 35.5. The highest BCUT2D eigenvalue weighted by Crippen LogP contribution is 2.38. The van der Waals surface area contributed by atoms with Crippen molar-refractivity contribution in [2.75, 3.05) is 0 Å². The van der Waals surface area contributed by atoms with Crippen LogP contribution >= 0.6 is 0 Å². The van der Waals surface area contributed by atoms with Crippen LogP contribution in [-0.2, 0) is 51.0 Å². The van der Waals surface area contributed by atoms with Gasteiger partial charge in [0.15, 0.2) is 0 Å². The number of halogens is 5. The van der Waals surface area contributed by atoms with Gasteiger partial charge in [0.2, 0.25) is 0 Å². The number of imide groups is 2. The van der Waals surface area contributed by atoms with Gasteiger partial charge in [-0.15, -0.1) is 18.7 Å². The number of nitro groups is 1. The van der Waals surface area contributed by atoms with Crippen LogP contribution in [0.2, 0.25) is 0 Å². The van der Waals surface area contributed by atoms with Gasteiger partial charge in [0, 0.05) is 24.6 Å². The molecule has 1 atom stereocenters. The van der Waals surface area contributed by atoms with E-state index < -0.39 is 118 Å². The van der Waals surface area contributed by atoms with E-state index in [1.54, 1.807) is 0 Å². The van der Waals surface area contributed by atoms with Gasteiger partial charge < -0.3 is 0 Å². The molecule has 3 aromatic carbocycles. The number of rotatable bonds is 9. The van der Waals surface area contributed by atoms with Crippen LogP contribution in [0.1, 0.15) is 38.3 Å². The zero-order valence-electron chi connectivity index (χ0n) is 23.1. The number of nitro benzene ring substituents is 1. The molecule has 15 nitrogen and oxygen atoms in total. The van der Waals surface area contributed by atoms with Crippen molar-refractivity contribution in [1.29, 1.82) is 0 Å². The summed E-state index contributed by atoms with van der Waals surface area (Å²) in [6.07, 6.45) is -6.49. The summed E-state index contributed by atoms with van der Waals surface area (Å²) in [4.78, 5) is 57.9. The molecule has 0 bridgehead atoms. The van der Waals surface area contributed by atoms with Crippen molar-refractivity contribution in [2.24, 2.45) is 5.92 Å². The van der Waals surface area contributed by atoms with Gasteiger partial charge in [0.25, 0.3) is 29.3 Å². The maximum Gasteiger partial charge on any atom is 0.418 e. The number of hydroxylamine groups is 4. The second-order valence-corrected chi connectivity index (χ2v) is 13.0. The predicted octanol–water partition coefficient (Wildman–Crippen LogP) is 3.05. The summed E-state index contributed by atoms with van der Waals surface area (Å²) in [5.74, 6) is -9.29. The Labute approximate surface area is 264 Å². The lowest BCUT2D eigenvalue weighted by Gasteiger charge is -2.16. The van der Waals surface area contributed by atoms with E-state index in [9.17, 15) is 68.1 Å². The highest BCUT2D eigenvalue weighted by atomic mass is 32.2. The van der Waals surface area contributed by atoms with Crippen LogP contribution < -0.4 is 0 Å². The summed E-state index contributed by atoms with van der Waals surface area (Å²) >= 11 is 0. The summed E-state index contributed by atoms with van der Waals surface area (Å²) < 4.78 is 127. The number of carbonyl (C=O) groups is 4. The van der Waals surface area contributed by atoms with Crippen LogP contribution in [0.5, 0.6) is 0 Å². The monoisotopic (exact) mass is 719 g/mol. The number of hydrogen-bond acceptors (Lipinski definition) is 12. The van der Waals surface area contributed by atoms with Gasteiger partial charge in [-0.1, -0.05) is 6.07 Å². The third kappa shape index (κ3) is 6.24. The first-order valence-corrected chi connectivity index (χ1v) is 15.6. The van der Waals surface area contributed by atoms with Crippen LogP contribution in [0.4, 0.5) is 27.6 Å². The van der Waals surface area contributed by atoms with Crippen molar-refractivity contribution in [3.05, 3.63) is 98.6 Å². The van der Waals surface area contributed by atoms with Gasteiger partial charge in [-0.2, -0.15) is 30.0 Å². The van der Waals surface area contributed by atoms with Crippen LogP contribution in [-0.4, -0.2) is 55.5 Å². The van der Waals surface area contributed by atoms with Crippen molar-refractivity contribution in [3.8, 4) is 0 Å². The minimum atomic E-state index is -5.62. The number of nitrogens with zero attached hydrogens (tertiary/aromatic N) is 3. The summed E-state index contributed by atoms with van der Waals surface area (Å²) in [5, 5.41) is 10.4. The Morgan fingerprint density at radius 3 is 2.04 bits per heavy atom. The molecule has 2 heterocycles. The summed E-state index contributed by atoms with van der Waals surface area (Å²) in [7, 11) is -10.8. The number of amides is 4. The fourth-order valence-electron chi connectivity index (χ4n) is 4.68. The van der Waals surface area contributed by atoms with Gasteiger partial charge in [0.05, 0.1) is 27.5 Å². The van der Waals surface area contributed by atoms with Crippen molar-refractivity contribution >= 4 is 49.6 Å². The van der Waals surface area contributed by atoms with Gasteiger partial charge in [0.1, 0.15) is 21.4 Å². The minimum absolute atomic E-state index is 0.0507. The van der Waals surface area contributed by atoms with Gasteiger partial charge in [-0.3, -0.25) is 29.3 Å². The lowest BCUT2D eigenvalue weighted by molar-refractivity contribution is -0.385. The summed E-state index contributed by atoms with van der Waals surface area (Å²) in [6, 6.07) is 4.99. The van der Waals surface area contributed by atoms with Crippen molar-refractivity contribution in [2.45, 2.75) is 28.8 Å². The minimum Gasteiger partial charge on any atom is -0.272 e. The standard InChI is InChI=1S/C26H14F5N3O12S2/c27-14-2-5-21(19(28)10-14)48(43,44)45-32-22(35)9-13(23(32)36)7-12-1-4-16-17(8-12)25(38)33(24(16)37)46-47(41,42)20-6-3-15(34(39)40)11-18(20)26(29,30)31/h1-6,8,10-11,13H,7,9H2. The number of hydrogen-bond donors (Lipinski definition) is 0. The fourth-order valence-corrected chi connectivity index (χ4v) is 6.73. The van der Waals surface area contributed by atoms with E-state index in [-0.39, 0.29) is 33.9 Å². The maximum atomic E-state index is 14.0. The van der Waals surface area contributed by atoms with E-state index >= 15 is 0 Å². The normalized spacial score (nSPS) is 17.0. The molecule has 22 heteroatoms. The van der Waals surface area contributed by atoms with E-state index in [1.165, 1.54) is 0 Å². The van der Waals surface area contributed by atoms with Crippen LogP contribution in [0.15, 0.2) is 64.4 Å². The summed E-state index contributed by atoms with van der Waals surface area (Å²) in [5.41, 5.74) is -4.10. The summed E-state index contributed by atoms with van der Waals surface area (Å²) in [6.45, 7) is 0.